The Hall–Kier alpha value is -3.47. The highest BCUT2D eigenvalue weighted by Gasteiger charge is 2.39. The first kappa shape index (κ1) is 21.4. The van der Waals surface area contributed by atoms with Crippen molar-refractivity contribution in [3.63, 3.8) is 0 Å². The number of anilines is 2. The van der Waals surface area contributed by atoms with E-state index in [2.05, 4.69) is 43.0 Å². The van der Waals surface area contributed by atoms with Crippen LogP contribution in [0.1, 0.15) is 39.5 Å². The Morgan fingerprint density at radius 1 is 1.00 bits per heavy atom. The normalized spacial score (nSPS) is 16.7. The zero-order valence-electron chi connectivity index (χ0n) is 19.7. The molecule has 170 valence electrons. The van der Waals surface area contributed by atoms with Crippen LogP contribution in [0.5, 0.6) is 11.5 Å². The van der Waals surface area contributed by atoms with E-state index >= 15 is 0 Å². The second kappa shape index (κ2) is 8.47. The Bertz CT molecular complexity index is 1220. The van der Waals surface area contributed by atoms with Gasteiger partial charge in [-0.05, 0) is 48.6 Å². The molecule has 3 aromatic rings. The zero-order chi connectivity index (χ0) is 23.1. The van der Waals surface area contributed by atoms with Crippen molar-refractivity contribution in [2.45, 2.75) is 39.3 Å². The summed E-state index contributed by atoms with van der Waals surface area (Å²) in [5.41, 5.74) is 7.42. The number of carbonyl (C=O) groups excluding carboxylic acids is 1. The molecule has 2 aliphatic rings. The summed E-state index contributed by atoms with van der Waals surface area (Å²) in [7, 11) is 3.66. The third-order valence-corrected chi connectivity index (χ3v) is 6.70. The minimum atomic E-state index is 0.0143. The number of methoxy groups -OCH3 is 1. The summed E-state index contributed by atoms with van der Waals surface area (Å²) in [6.07, 6.45) is 1.86. The van der Waals surface area contributed by atoms with Crippen molar-refractivity contribution in [1.29, 1.82) is 0 Å². The first-order valence-corrected chi connectivity index (χ1v) is 11.6. The molecule has 2 aliphatic heterocycles. The minimum absolute atomic E-state index is 0.0143. The van der Waals surface area contributed by atoms with Crippen molar-refractivity contribution in [3.05, 3.63) is 82.4 Å². The van der Waals surface area contributed by atoms with Crippen molar-refractivity contribution in [3.8, 4) is 11.5 Å². The second-order valence-electron chi connectivity index (χ2n) is 9.03. The molecule has 0 N–H and O–H groups in total. The quantitative estimate of drug-likeness (QED) is 0.547. The van der Waals surface area contributed by atoms with Gasteiger partial charge in [-0.25, -0.2) is 0 Å². The number of fused-ring (bicyclic) bond motifs is 4. The molecule has 0 spiro atoms. The molecule has 0 aromatic heterocycles. The van der Waals surface area contributed by atoms with E-state index in [0.29, 0.717) is 23.7 Å². The van der Waals surface area contributed by atoms with E-state index in [0.717, 1.165) is 36.3 Å². The van der Waals surface area contributed by atoms with E-state index in [1.54, 1.807) is 7.11 Å². The van der Waals surface area contributed by atoms with Crippen LogP contribution in [0.4, 0.5) is 11.4 Å². The van der Waals surface area contributed by atoms with Gasteiger partial charge < -0.3 is 19.3 Å². The van der Waals surface area contributed by atoms with Crippen molar-refractivity contribution in [2.75, 3.05) is 30.5 Å². The summed E-state index contributed by atoms with van der Waals surface area (Å²) in [6, 6.07) is 18.6. The lowest BCUT2D eigenvalue weighted by molar-refractivity contribution is 0.0983. The Balaban J connectivity index is 1.49. The molecular weight excluding hydrogens is 412 g/mol. The summed E-state index contributed by atoms with van der Waals surface area (Å²) >= 11 is 0. The number of carbonyl (C=O) groups is 1. The predicted molar refractivity (Wildman–Crippen MR) is 132 cm³/mol. The number of hydrogen-bond donors (Lipinski definition) is 0. The fourth-order valence-electron chi connectivity index (χ4n) is 5.13. The maximum Gasteiger partial charge on any atom is 0.260 e. The van der Waals surface area contributed by atoms with Gasteiger partial charge >= 0.3 is 0 Å². The molecule has 1 atom stereocenters. The smallest absolute Gasteiger partial charge is 0.260 e. The summed E-state index contributed by atoms with van der Waals surface area (Å²) in [5.74, 6) is 1.24. The van der Waals surface area contributed by atoms with Gasteiger partial charge in [0.2, 0.25) is 0 Å². The van der Waals surface area contributed by atoms with Crippen molar-refractivity contribution in [2.24, 2.45) is 0 Å². The van der Waals surface area contributed by atoms with Crippen LogP contribution >= 0.6 is 0 Å². The van der Waals surface area contributed by atoms with Crippen LogP contribution in [0.15, 0.2) is 54.6 Å². The molecule has 5 heteroatoms. The van der Waals surface area contributed by atoms with Gasteiger partial charge in [-0.2, -0.15) is 0 Å². The van der Waals surface area contributed by atoms with Gasteiger partial charge in [-0.3, -0.25) is 4.79 Å². The number of nitrogens with zero attached hydrogens (tertiary/aromatic N) is 2. The summed E-state index contributed by atoms with van der Waals surface area (Å²) < 4.78 is 11.9. The predicted octanol–water partition coefficient (Wildman–Crippen LogP) is 5.17. The van der Waals surface area contributed by atoms with Crippen LogP contribution in [-0.4, -0.2) is 32.7 Å². The average molecular weight is 443 g/mol. The largest absolute Gasteiger partial charge is 0.493 e. The molecule has 5 nitrogen and oxygen atoms in total. The number of para-hydroxylation sites is 1. The first-order valence-electron chi connectivity index (χ1n) is 11.6. The third kappa shape index (κ3) is 3.82. The molecule has 0 unspecified atom stereocenters. The van der Waals surface area contributed by atoms with Gasteiger partial charge in [0, 0.05) is 25.3 Å². The fraction of sp³-hybridized carbons (Fsp3) is 0.321. The molecule has 33 heavy (non-hydrogen) atoms. The summed E-state index contributed by atoms with van der Waals surface area (Å²) in [4.78, 5) is 17.8. The molecule has 1 amide bonds. The topological polar surface area (TPSA) is 42.0 Å². The molecule has 5 rings (SSSR count). The molecule has 0 saturated carbocycles. The van der Waals surface area contributed by atoms with E-state index in [-0.39, 0.29) is 11.9 Å². The number of likely N-dealkylation sites (N-methyl/N-ethyl adjacent to an activating group) is 1. The van der Waals surface area contributed by atoms with E-state index in [4.69, 9.17) is 9.47 Å². The average Bonchev–Trinajstić information content (AvgIpc) is 3.14. The molecule has 3 aromatic carbocycles. The number of amides is 1. The number of hydrogen-bond acceptors (Lipinski definition) is 4. The van der Waals surface area contributed by atoms with Gasteiger partial charge in [-0.1, -0.05) is 48.9 Å². The van der Waals surface area contributed by atoms with Crippen molar-refractivity contribution < 1.29 is 14.3 Å². The summed E-state index contributed by atoms with van der Waals surface area (Å²) in [6.45, 7) is 5.47. The van der Waals surface area contributed by atoms with E-state index in [1.807, 2.05) is 42.3 Å². The first-order chi connectivity index (χ1) is 16.0. The molecule has 0 saturated heterocycles. The SMILES string of the molecule is CCc1cc(C)cc(COc2cc3c(cc2OC)C(=O)N2c4ccccc4C[C@H]2CN3C)c1. The van der Waals surface area contributed by atoms with Crippen molar-refractivity contribution in [1.82, 2.24) is 0 Å². The van der Waals surface area contributed by atoms with Crippen molar-refractivity contribution >= 4 is 17.3 Å². The van der Waals surface area contributed by atoms with Crippen LogP contribution in [0, 0.1) is 6.92 Å². The minimum Gasteiger partial charge on any atom is -0.493 e. The number of aryl methyl sites for hydroxylation is 2. The van der Waals surface area contributed by atoms with Crippen LogP contribution in [-0.2, 0) is 19.4 Å². The lowest BCUT2D eigenvalue weighted by Crippen LogP contribution is -2.41. The van der Waals surface area contributed by atoms with E-state index in [9.17, 15) is 4.79 Å². The highest BCUT2D eigenvalue weighted by molar-refractivity contribution is 6.12. The number of rotatable bonds is 5. The third-order valence-electron chi connectivity index (χ3n) is 6.70. The molecular formula is C28H30N2O3. The van der Waals surface area contributed by atoms with Gasteiger partial charge in [0.1, 0.15) is 6.61 Å². The van der Waals surface area contributed by atoms with Gasteiger partial charge in [0.05, 0.1) is 24.4 Å². The Morgan fingerprint density at radius 2 is 1.79 bits per heavy atom. The monoisotopic (exact) mass is 442 g/mol. The lowest BCUT2D eigenvalue weighted by Gasteiger charge is -2.25. The lowest BCUT2D eigenvalue weighted by atomic mass is 10.1. The molecule has 0 aliphatic carbocycles. The Morgan fingerprint density at radius 3 is 2.58 bits per heavy atom. The van der Waals surface area contributed by atoms with Gasteiger partial charge in [-0.15, -0.1) is 0 Å². The molecule has 0 fully saturated rings. The second-order valence-corrected chi connectivity index (χ2v) is 9.03. The number of benzene rings is 3. The zero-order valence-corrected chi connectivity index (χ0v) is 19.7. The Labute approximate surface area is 195 Å². The fourth-order valence-corrected chi connectivity index (χ4v) is 5.13. The van der Waals surface area contributed by atoms with Gasteiger partial charge in [0.15, 0.2) is 11.5 Å². The highest BCUT2D eigenvalue weighted by Crippen LogP contribution is 2.42. The summed E-state index contributed by atoms with van der Waals surface area (Å²) in [5, 5.41) is 0. The standard InChI is InChI=1S/C28H30N2O3/c1-5-19-10-18(2)11-20(12-19)17-33-27-15-25-23(14-26(27)32-4)28(31)30-22(16-29(25)3)13-21-8-6-7-9-24(21)30/h6-12,14-15,22H,5,13,16-17H2,1-4H3/t22-/m0/s1. The van der Waals surface area contributed by atoms with Crippen LogP contribution in [0.25, 0.3) is 0 Å². The van der Waals surface area contributed by atoms with Crippen LogP contribution in [0.3, 0.4) is 0 Å². The molecule has 2 heterocycles. The maximum atomic E-state index is 13.7. The van der Waals surface area contributed by atoms with E-state index in [1.165, 1.54) is 16.7 Å². The number of ether oxygens (including phenoxy) is 2. The molecule has 0 bridgehead atoms. The highest BCUT2D eigenvalue weighted by atomic mass is 16.5. The van der Waals surface area contributed by atoms with Gasteiger partial charge in [0.25, 0.3) is 5.91 Å². The molecule has 0 radical (unpaired) electrons. The Kier molecular flexibility index (Phi) is 5.49. The van der Waals surface area contributed by atoms with Crippen LogP contribution < -0.4 is 19.3 Å². The maximum absolute atomic E-state index is 13.7. The van der Waals surface area contributed by atoms with Crippen LogP contribution in [0.2, 0.25) is 0 Å². The van der Waals surface area contributed by atoms with E-state index < -0.39 is 0 Å².